The van der Waals surface area contributed by atoms with E-state index in [0.29, 0.717) is 33.8 Å². The monoisotopic (exact) mass is 438 g/mol. The van der Waals surface area contributed by atoms with E-state index in [4.69, 9.17) is 6.57 Å². The summed E-state index contributed by atoms with van der Waals surface area (Å²) < 4.78 is 1.93. The summed E-state index contributed by atoms with van der Waals surface area (Å²) in [4.78, 5) is 31.6. The minimum atomic E-state index is -0.386. The molecule has 0 fully saturated rings. The van der Waals surface area contributed by atoms with Crippen molar-refractivity contribution in [3.05, 3.63) is 113 Å². The fraction of sp³-hybridized carbons (Fsp3) is 0. The van der Waals surface area contributed by atoms with Gasteiger partial charge in [0.05, 0.1) is 51.7 Å². The number of anilines is 1. The number of hydrogen-bond donors (Lipinski definition) is 0. The summed E-state index contributed by atoms with van der Waals surface area (Å²) in [6.07, 6.45) is 0. The van der Waals surface area contributed by atoms with Gasteiger partial charge in [-0.05, 0) is 60.0 Å². The Morgan fingerprint density at radius 2 is 1.53 bits per heavy atom. The number of rotatable bonds is 2. The molecule has 0 spiro atoms. The van der Waals surface area contributed by atoms with Gasteiger partial charge >= 0.3 is 0 Å². The van der Waals surface area contributed by atoms with Crippen molar-refractivity contribution in [1.29, 1.82) is 5.26 Å². The maximum Gasteiger partial charge on any atom is 0.268 e. The predicted molar refractivity (Wildman–Crippen MR) is 129 cm³/mol. The number of benzene rings is 4. The molecular formula is C28H14N4O2. The van der Waals surface area contributed by atoms with Crippen molar-refractivity contribution in [1.82, 2.24) is 4.57 Å². The van der Waals surface area contributed by atoms with Gasteiger partial charge in [0.25, 0.3) is 11.8 Å². The summed E-state index contributed by atoms with van der Waals surface area (Å²) in [5.41, 5.74) is 4.30. The van der Waals surface area contributed by atoms with Crippen molar-refractivity contribution in [2.45, 2.75) is 0 Å². The molecule has 1 aliphatic heterocycles. The molecule has 0 saturated carbocycles. The number of carbonyl (C=O) groups excluding carboxylic acids is 2. The lowest BCUT2D eigenvalue weighted by atomic mass is 10.1. The second kappa shape index (κ2) is 7.16. The van der Waals surface area contributed by atoms with E-state index in [-0.39, 0.29) is 11.8 Å². The molecule has 6 nitrogen and oxygen atoms in total. The highest BCUT2D eigenvalue weighted by molar-refractivity contribution is 6.35. The van der Waals surface area contributed by atoms with Crippen LogP contribution in [0, 0.1) is 17.9 Å². The molecule has 4 aromatic carbocycles. The summed E-state index contributed by atoms with van der Waals surface area (Å²) >= 11 is 0. The Labute approximate surface area is 194 Å². The number of hydrogen-bond acceptors (Lipinski definition) is 3. The number of imide groups is 1. The molecule has 0 bridgehead atoms. The van der Waals surface area contributed by atoms with E-state index in [1.165, 1.54) is 4.90 Å². The normalized spacial score (nSPS) is 12.7. The lowest BCUT2D eigenvalue weighted by Crippen LogP contribution is -2.29. The zero-order chi connectivity index (χ0) is 23.4. The molecule has 34 heavy (non-hydrogen) atoms. The van der Waals surface area contributed by atoms with E-state index >= 15 is 0 Å². The third-order valence-electron chi connectivity index (χ3n) is 6.16. The van der Waals surface area contributed by atoms with Gasteiger partial charge in [0.15, 0.2) is 5.69 Å². The first-order valence-corrected chi connectivity index (χ1v) is 10.6. The molecule has 0 saturated heterocycles. The number of para-hydroxylation sites is 1. The zero-order valence-corrected chi connectivity index (χ0v) is 17.7. The summed E-state index contributed by atoms with van der Waals surface area (Å²) in [5.74, 6) is -0.751. The number of carbonyl (C=O) groups is 2. The van der Waals surface area contributed by atoms with Crippen LogP contribution in [-0.4, -0.2) is 16.4 Å². The van der Waals surface area contributed by atoms with Crippen LogP contribution in [0.2, 0.25) is 0 Å². The Bertz CT molecular complexity index is 1700. The second-order valence-corrected chi connectivity index (χ2v) is 7.97. The lowest BCUT2D eigenvalue weighted by molar-refractivity contribution is 0.0926. The Hall–Kier alpha value is -5.20. The molecule has 0 aliphatic carbocycles. The number of aromatic nitrogens is 1. The molecule has 5 aromatic rings. The van der Waals surface area contributed by atoms with Crippen LogP contribution in [0.1, 0.15) is 26.3 Å². The molecule has 2 amide bonds. The Balaban J connectivity index is 1.67. The van der Waals surface area contributed by atoms with Crippen molar-refractivity contribution in [2.24, 2.45) is 0 Å². The summed E-state index contributed by atoms with van der Waals surface area (Å²) in [5, 5.41) is 11.0. The van der Waals surface area contributed by atoms with Crippen molar-refractivity contribution in [3.63, 3.8) is 0 Å². The van der Waals surface area contributed by atoms with Gasteiger partial charge in [-0.3, -0.25) is 9.59 Å². The van der Waals surface area contributed by atoms with Gasteiger partial charge in [0.2, 0.25) is 0 Å². The van der Waals surface area contributed by atoms with Gasteiger partial charge in [-0.25, -0.2) is 9.74 Å². The molecule has 0 radical (unpaired) electrons. The fourth-order valence-electron chi connectivity index (χ4n) is 4.68. The minimum absolute atomic E-state index is 0.328. The quantitative estimate of drug-likeness (QED) is 0.250. The van der Waals surface area contributed by atoms with Gasteiger partial charge in [0, 0.05) is 5.39 Å². The first-order chi connectivity index (χ1) is 16.6. The van der Waals surface area contributed by atoms with Crippen LogP contribution in [-0.2, 0) is 0 Å². The summed E-state index contributed by atoms with van der Waals surface area (Å²) in [7, 11) is 0. The first-order valence-electron chi connectivity index (χ1n) is 10.6. The van der Waals surface area contributed by atoms with Gasteiger partial charge in [-0.1, -0.05) is 30.3 Å². The molecule has 6 rings (SSSR count). The third-order valence-corrected chi connectivity index (χ3v) is 6.16. The van der Waals surface area contributed by atoms with Crippen LogP contribution < -0.4 is 4.90 Å². The highest BCUT2D eigenvalue weighted by Crippen LogP contribution is 2.38. The Morgan fingerprint density at radius 1 is 0.794 bits per heavy atom. The molecule has 1 aromatic heterocycles. The summed E-state index contributed by atoms with van der Waals surface area (Å²) in [6, 6.07) is 27.0. The molecule has 0 unspecified atom stereocenters. The van der Waals surface area contributed by atoms with E-state index in [1.807, 2.05) is 28.8 Å². The third kappa shape index (κ3) is 2.60. The van der Waals surface area contributed by atoms with E-state index < -0.39 is 0 Å². The van der Waals surface area contributed by atoms with E-state index in [0.717, 1.165) is 21.8 Å². The van der Waals surface area contributed by atoms with Gasteiger partial charge < -0.3 is 4.57 Å². The SMILES string of the molecule is [C-]#[N+]c1ccc2c(c1)c1cc(C#N)ccc1n2-c1cccc2c1C(=O)N(c1ccccc1)C2=O. The van der Waals surface area contributed by atoms with E-state index in [1.54, 1.807) is 60.7 Å². The predicted octanol–water partition coefficient (Wildman–Crippen LogP) is 6.01. The largest absolute Gasteiger partial charge is 0.309 e. The Morgan fingerprint density at radius 3 is 2.26 bits per heavy atom. The maximum atomic E-state index is 13.6. The molecule has 0 N–H and O–H groups in total. The molecule has 2 heterocycles. The van der Waals surface area contributed by atoms with Crippen LogP contribution >= 0.6 is 0 Å². The van der Waals surface area contributed by atoms with E-state index in [9.17, 15) is 14.9 Å². The fourth-order valence-corrected chi connectivity index (χ4v) is 4.68. The van der Waals surface area contributed by atoms with Gasteiger partial charge in [0.1, 0.15) is 0 Å². The Kier molecular flexibility index (Phi) is 4.10. The summed E-state index contributed by atoms with van der Waals surface area (Å²) in [6.45, 7) is 7.41. The van der Waals surface area contributed by atoms with Crippen LogP contribution in [0.15, 0.2) is 84.9 Å². The molecule has 0 atom stereocenters. The van der Waals surface area contributed by atoms with Crippen LogP contribution in [0.4, 0.5) is 11.4 Å². The van der Waals surface area contributed by atoms with Gasteiger partial charge in [-0.15, -0.1) is 0 Å². The second-order valence-electron chi connectivity index (χ2n) is 7.97. The zero-order valence-electron chi connectivity index (χ0n) is 17.7. The highest BCUT2D eigenvalue weighted by atomic mass is 16.2. The number of amides is 2. The van der Waals surface area contributed by atoms with Crippen LogP contribution in [0.5, 0.6) is 0 Å². The highest BCUT2D eigenvalue weighted by Gasteiger charge is 2.39. The topological polar surface area (TPSA) is 70.5 Å². The van der Waals surface area contributed by atoms with Gasteiger partial charge in [-0.2, -0.15) is 5.26 Å². The lowest BCUT2D eigenvalue weighted by Gasteiger charge is -2.14. The standard InChI is InChI=1S/C28H14N4O2/c1-30-18-11-13-24-22(15-18)21-14-17(16-29)10-12-23(21)32(24)25-9-5-8-20-26(25)28(34)31(27(20)33)19-6-3-2-4-7-19/h2-15H. The van der Waals surface area contributed by atoms with Crippen molar-refractivity contribution in [2.75, 3.05) is 4.90 Å². The maximum absolute atomic E-state index is 13.6. The molecule has 158 valence electrons. The molecular weight excluding hydrogens is 424 g/mol. The average Bonchev–Trinajstić information content (AvgIpc) is 3.34. The minimum Gasteiger partial charge on any atom is -0.309 e. The van der Waals surface area contributed by atoms with Crippen molar-refractivity contribution in [3.8, 4) is 11.8 Å². The van der Waals surface area contributed by atoms with E-state index in [2.05, 4.69) is 10.9 Å². The molecule has 6 heteroatoms. The average molecular weight is 438 g/mol. The van der Waals surface area contributed by atoms with Crippen LogP contribution in [0.3, 0.4) is 0 Å². The molecule has 1 aliphatic rings. The van der Waals surface area contributed by atoms with Crippen molar-refractivity contribution >= 4 is 45.0 Å². The van der Waals surface area contributed by atoms with Crippen molar-refractivity contribution < 1.29 is 9.59 Å². The number of nitrogens with zero attached hydrogens (tertiary/aromatic N) is 4. The first kappa shape index (κ1) is 19.5. The number of nitriles is 1. The van der Waals surface area contributed by atoms with Crippen LogP contribution in [0.25, 0.3) is 32.3 Å². The smallest absolute Gasteiger partial charge is 0.268 e. The number of fused-ring (bicyclic) bond motifs is 4.